The first-order valence-corrected chi connectivity index (χ1v) is 8.09. The number of hydrogen-bond donors (Lipinski definition) is 2. The fraction of sp³-hybridized carbons (Fsp3) is 0.294. The summed E-state index contributed by atoms with van der Waals surface area (Å²) in [4.78, 5) is 23.5. The number of primary amides is 1. The minimum Gasteiger partial charge on any atom is -0.494 e. The van der Waals surface area contributed by atoms with Crippen LogP contribution in [0.1, 0.15) is 29.6 Å². The number of ether oxygens (including phenoxy) is 1. The summed E-state index contributed by atoms with van der Waals surface area (Å²) < 4.78 is 7.63. The maximum atomic E-state index is 11.1. The van der Waals surface area contributed by atoms with Crippen LogP contribution in [0, 0.1) is 0 Å². The summed E-state index contributed by atoms with van der Waals surface area (Å²) in [5, 5.41) is 0. The number of nitrogens with two attached hydrogens (primary N) is 2. The van der Waals surface area contributed by atoms with Crippen LogP contribution in [0.5, 0.6) is 5.75 Å². The highest BCUT2D eigenvalue weighted by Gasteiger charge is 2.07. The lowest BCUT2D eigenvalue weighted by Gasteiger charge is -2.07. The van der Waals surface area contributed by atoms with Crippen LogP contribution in [0.25, 0.3) is 11.2 Å². The van der Waals surface area contributed by atoms with Crippen molar-refractivity contribution < 1.29 is 9.53 Å². The van der Waals surface area contributed by atoms with E-state index in [1.54, 1.807) is 24.5 Å². The van der Waals surface area contributed by atoms with Crippen LogP contribution >= 0.6 is 0 Å². The van der Waals surface area contributed by atoms with Gasteiger partial charge in [0.2, 0.25) is 5.91 Å². The number of fused-ring (bicyclic) bond motifs is 1. The number of nitrogen functional groups attached to an aromatic ring is 1. The van der Waals surface area contributed by atoms with Crippen molar-refractivity contribution in [3.8, 4) is 5.75 Å². The highest BCUT2D eigenvalue weighted by molar-refractivity contribution is 5.93. The third-order valence-electron chi connectivity index (χ3n) is 3.86. The summed E-state index contributed by atoms with van der Waals surface area (Å²) in [6.07, 6.45) is 6.06. The van der Waals surface area contributed by atoms with Gasteiger partial charge >= 0.3 is 0 Å². The number of aromatic nitrogens is 4. The van der Waals surface area contributed by atoms with Gasteiger partial charge in [0.15, 0.2) is 11.5 Å². The fourth-order valence-corrected chi connectivity index (χ4v) is 2.55. The molecule has 25 heavy (non-hydrogen) atoms. The second-order valence-corrected chi connectivity index (χ2v) is 5.67. The first-order valence-electron chi connectivity index (χ1n) is 8.09. The zero-order chi connectivity index (χ0) is 17.6. The number of hydrogen-bond acceptors (Lipinski definition) is 6. The number of benzene rings is 1. The topological polar surface area (TPSA) is 122 Å². The molecule has 0 unspecified atom stereocenters. The van der Waals surface area contributed by atoms with Crippen molar-refractivity contribution in [2.24, 2.45) is 5.73 Å². The second-order valence-electron chi connectivity index (χ2n) is 5.67. The van der Waals surface area contributed by atoms with Gasteiger partial charge in [-0.25, -0.2) is 15.0 Å². The molecule has 1 amide bonds. The number of carbonyl (C=O) groups excluding carboxylic acids is 1. The Morgan fingerprint density at radius 3 is 2.88 bits per heavy atom. The average Bonchev–Trinajstić information content (AvgIpc) is 3.03. The molecule has 0 saturated carbocycles. The molecule has 0 fully saturated rings. The van der Waals surface area contributed by atoms with E-state index in [4.69, 9.17) is 16.2 Å². The first kappa shape index (κ1) is 16.7. The van der Waals surface area contributed by atoms with E-state index in [2.05, 4.69) is 15.0 Å². The summed E-state index contributed by atoms with van der Waals surface area (Å²) in [6, 6.07) is 6.90. The van der Waals surface area contributed by atoms with Gasteiger partial charge in [-0.15, -0.1) is 0 Å². The molecule has 2 heterocycles. The molecule has 0 spiro atoms. The van der Waals surface area contributed by atoms with Crippen LogP contribution < -0.4 is 16.2 Å². The normalized spacial score (nSPS) is 10.9. The smallest absolute Gasteiger partial charge is 0.248 e. The number of aryl methyl sites for hydroxylation is 1. The maximum Gasteiger partial charge on any atom is 0.248 e. The number of anilines is 1. The molecular formula is C17H20N6O2. The fourth-order valence-electron chi connectivity index (χ4n) is 2.55. The van der Waals surface area contributed by atoms with Crippen molar-refractivity contribution in [2.45, 2.75) is 25.8 Å². The molecule has 4 N–H and O–H groups in total. The highest BCUT2D eigenvalue weighted by atomic mass is 16.5. The second kappa shape index (κ2) is 7.61. The number of rotatable bonds is 8. The van der Waals surface area contributed by atoms with Crippen LogP contribution in [0.4, 0.5) is 5.82 Å². The molecule has 1 aromatic carbocycles. The van der Waals surface area contributed by atoms with E-state index in [1.807, 2.05) is 10.6 Å². The van der Waals surface area contributed by atoms with Crippen LogP contribution in [0.15, 0.2) is 36.9 Å². The molecule has 3 rings (SSSR count). The van der Waals surface area contributed by atoms with E-state index in [-0.39, 0.29) is 0 Å². The molecule has 0 aliphatic rings. The maximum absolute atomic E-state index is 11.1. The lowest BCUT2D eigenvalue weighted by Crippen LogP contribution is -2.10. The van der Waals surface area contributed by atoms with Gasteiger partial charge in [0, 0.05) is 12.1 Å². The summed E-state index contributed by atoms with van der Waals surface area (Å²) >= 11 is 0. The van der Waals surface area contributed by atoms with E-state index < -0.39 is 5.91 Å². The Kier molecular flexibility index (Phi) is 5.08. The largest absolute Gasteiger partial charge is 0.494 e. The van der Waals surface area contributed by atoms with E-state index >= 15 is 0 Å². The molecule has 0 radical (unpaired) electrons. The van der Waals surface area contributed by atoms with Gasteiger partial charge in [-0.1, -0.05) is 6.07 Å². The molecule has 8 heteroatoms. The Hall–Kier alpha value is -3.16. The SMILES string of the molecule is NC(=O)c1cccc(OCCCCCn2cnc3c(N)ncnc32)c1. The van der Waals surface area contributed by atoms with Crippen molar-refractivity contribution in [1.29, 1.82) is 0 Å². The van der Waals surface area contributed by atoms with Crippen LogP contribution in [-0.4, -0.2) is 32.0 Å². The molecule has 0 aliphatic heterocycles. The van der Waals surface area contributed by atoms with Crippen molar-refractivity contribution >= 4 is 22.9 Å². The van der Waals surface area contributed by atoms with Crippen molar-refractivity contribution in [3.05, 3.63) is 42.5 Å². The minimum absolute atomic E-state index is 0.398. The number of amides is 1. The standard InChI is InChI=1S/C17H20N6O2/c18-15-14-17(21-10-20-15)23(11-22-14)7-2-1-3-8-25-13-6-4-5-12(9-13)16(19)24/h4-6,9-11H,1-3,7-8H2,(H2,19,24)(H2,18,20,21). The summed E-state index contributed by atoms with van der Waals surface area (Å²) in [7, 11) is 0. The molecule has 2 aromatic heterocycles. The van der Waals surface area contributed by atoms with Gasteiger partial charge in [-0.05, 0) is 37.5 Å². The zero-order valence-corrected chi connectivity index (χ0v) is 13.8. The summed E-state index contributed by atoms with van der Waals surface area (Å²) in [5.41, 5.74) is 12.9. The van der Waals surface area contributed by atoms with Crippen LogP contribution in [0.2, 0.25) is 0 Å². The van der Waals surface area contributed by atoms with Gasteiger partial charge < -0.3 is 20.8 Å². The van der Waals surface area contributed by atoms with Crippen molar-refractivity contribution in [2.75, 3.05) is 12.3 Å². The lowest BCUT2D eigenvalue weighted by molar-refractivity contribution is 0.1000. The average molecular weight is 340 g/mol. The number of unbranched alkanes of at least 4 members (excludes halogenated alkanes) is 2. The van der Waals surface area contributed by atoms with E-state index in [9.17, 15) is 4.79 Å². The summed E-state index contributed by atoms with van der Waals surface area (Å²) in [6.45, 7) is 1.39. The van der Waals surface area contributed by atoms with Crippen molar-refractivity contribution in [1.82, 2.24) is 19.5 Å². The third-order valence-corrected chi connectivity index (χ3v) is 3.86. The predicted octanol–water partition coefficient (Wildman–Crippen LogP) is 1.76. The molecule has 0 saturated heterocycles. The first-order chi connectivity index (χ1) is 12.1. The van der Waals surface area contributed by atoms with Gasteiger partial charge in [-0.2, -0.15) is 0 Å². The molecule has 130 valence electrons. The highest BCUT2D eigenvalue weighted by Crippen LogP contribution is 2.16. The predicted molar refractivity (Wildman–Crippen MR) is 94.0 cm³/mol. The molecule has 0 bridgehead atoms. The Morgan fingerprint density at radius 2 is 2.04 bits per heavy atom. The Bertz CT molecular complexity index is 876. The minimum atomic E-state index is -0.456. The van der Waals surface area contributed by atoms with Gasteiger partial charge in [0.05, 0.1) is 12.9 Å². The van der Waals surface area contributed by atoms with Crippen LogP contribution in [-0.2, 0) is 6.54 Å². The summed E-state index contributed by atoms with van der Waals surface area (Å²) in [5.74, 6) is 0.599. The monoisotopic (exact) mass is 340 g/mol. The third kappa shape index (κ3) is 4.03. The van der Waals surface area contributed by atoms with Gasteiger partial charge in [-0.3, -0.25) is 4.79 Å². The van der Waals surface area contributed by atoms with E-state index in [1.165, 1.54) is 6.33 Å². The Morgan fingerprint density at radius 1 is 1.16 bits per heavy atom. The van der Waals surface area contributed by atoms with Crippen molar-refractivity contribution in [3.63, 3.8) is 0 Å². The molecule has 3 aromatic rings. The number of imidazole rings is 1. The quantitative estimate of drug-likeness (QED) is 0.602. The van der Waals surface area contributed by atoms with Gasteiger partial charge in [0.25, 0.3) is 0 Å². The Balaban J connectivity index is 1.42. The number of carbonyl (C=O) groups is 1. The molecule has 8 nitrogen and oxygen atoms in total. The Labute approximate surface area is 144 Å². The van der Waals surface area contributed by atoms with Gasteiger partial charge in [0.1, 0.15) is 17.6 Å². The number of nitrogens with zero attached hydrogens (tertiary/aromatic N) is 4. The molecule has 0 atom stereocenters. The van der Waals surface area contributed by atoms with E-state index in [0.29, 0.717) is 29.3 Å². The molecule has 0 aliphatic carbocycles. The lowest BCUT2D eigenvalue weighted by atomic mass is 10.2. The van der Waals surface area contributed by atoms with Crippen LogP contribution in [0.3, 0.4) is 0 Å². The molecular weight excluding hydrogens is 320 g/mol. The zero-order valence-electron chi connectivity index (χ0n) is 13.8. The van der Waals surface area contributed by atoms with E-state index in [0.717, 1.165) is 31.5 Å².